The molecule has 0 saturated carbocycles. The molecule has 0 radical (unpaired) electrons. The number of hydrogen-bond acceptors (Lipinski definition) is 4. The Morgan fingerprint density at radius 2 is 2.14 bits per heavy atom. The molecule has 0 spiro atoms. The van der Waals surface area contributed by atoms with Crippen LogP contribution in [0.2, 0.25) is 0 Å². The molecular formula is C10H13N3O. The minimum Gasteiger partial charge on any atom is -0.497 e. The maximum Gasteiger partial charge on any atom is 0.118 e. The van der Waals surface area contributed by atoms with E-state index in [1.165, 1.54) is 0 Å². The van der Waals surface area contributed by atoms with Crippen LogP contribution < -0.4 is 15.9 Å². The fourth-order valence-electron chi connectivity index (χ4n) is 0.880. The molecule has 0 bridgehead atoms. The summed E-state index contributed by atoms with van der Waals surface area (Å²) in [5.41, 5.74) is 8.76. The SMILES string of the molecule is C=C(N)N/N=C/c1ccc(OC)cc1. The molecule has 0 saturated heterocycles. The molecule has 14 heavy (non-hydrogen) atoms. The monoisotopic (exact) mass is 191 g/mol. The average molecular weight is 191 g/mol. The zero-order valence-corrected chi connectivity index (χ0v) is 8.03. The molecular weight excluding hydrogens is 178 g/mol. The largest absolute Gasteiger partial charge is 0.497 e. The first-order valence-corrected chi connectivity index (χ1v) is 4.10. The predicted octanol–water partition coefficient (Wildman–Crippen LogP) is 1.05. The van der Waals surface area contributed by atoms with E-state index >= 15 is 0 Å². The fraction of sp³-hybridized carbons (Fsp3) is 0.100. The van der Waals surface area contributed by atoms with Gasteiger partial charge in [0.15, 0.2) is 0 Å². The number of hydrogen-bond donors (Lipinski definition) is 2. The summed E-state index contributed by atoms with van der Waals surface area (Å²) in [5.74, 6) is 1.13. The molecule has 74 valence electrons. The number of nitrogens with two attached hydrogens (primary N) is 1. The molecule has 0 atom stereocenters. The Morgan fingerprint density at radius 1 is 1.50 bits per heavy atom. The van der Waals surface area contributed by atoms with E-state index in [2.05, 4.69) is 17.1 Å². The molecule has 0 heterocycles. The second-order valence-corrected chi connectivity index (χ2v) is 2.67. The molecule has 1 aromatic rings. The molecule has 3 N–H and O–H groups in total. The lowest BCUT2D eigenvalue weighted by atomic mass is 10.2. The summed E-state index contributed by atoms with van der Waals surface area (Å²) >= 11 is 0. The lowest BCUT2D eigenvalue weighted by molar-refractivity contribution is 0.415. The Labute approximate surface area is 83.1 Å². The number of hydrazone groups is 1. The second kappa shape index (κ2) is 4.91. The minimum atomic E-state index is 0.315. The van der Waals surface area contributed by atoms with Gasteiger partial charge in [0.2, 0.25) is 0 Å². The van der Waals surface area contributed by atoms with Gasteiger partial charge in [-0.25, -0.2) is 0 Å². The van der Waals surface area contributed by atoms with Crippen molar-refractivity contribution in [3.63, 3.8) is 0 Å². The van der Waals surface area contributed by atoms with Gasteiger partial charge < -0.3 is 10.5 Å². The van der Waals surface area contributed by atoms with E-state index in [4.69, 9.17) is 10.5 Å². The van der Waals surface area contributed by atoms with Crippen LogP contribution in [0.25, 0.3) is 0 Å². The summed E-state index contributed by atoms with van der Waals surface area (Å²) in [7, 11) is 1.63. The van der Waals surface area contributed by atoms with Crippen LogP contribution in [0.1, 0.15) is 5.56 Å². The van der Waals surface area contributed by atoms with E-state index in [9.17, 15) is 0 Å². The van der Waals surface area contributed by atoms with Crippen molar-refractivity contribution < 1.29 is 4.74 Å². The maximum atomic E-state index is 5.26. The van der Waals surface area contributed by atoms with Crippen molar-refractivity contribution in [2.24, 2.45) is 10.8 Å². The summed E-state index contributed by atoms with van der Waals surface area (Å²) in [6, 6.07) is 7.50. The lowest BCUT2D eigenvalue weighted by Gasteiger charge is -1.99. The molecule has 0 aromatic heterocycles. The highest BCUT2D eigenvalue weighted by Gasteiger charge is 1.89. The first kappa shape index (κ1) is 10.1. The summed E-state index contributed by atoms with van der Waals surface area (Å²) < 4.78 is 5.02. The smallest absolute Gasteiger partial charge is 0.118 e. The van der Waals surface area contributed by atoms with E-state index in [1.54, 1.807) is 13.3 Å². The van der Waals surface area contributed by atoms with Crippen molar-refractivity contribution in [1.29, 1.82) is 0 Å². The van der Waals surface area contributed by atoms with Crippen molar-refractivity contribution in [2.45, 2.75) is 0 Å². The van der Waals surface area contributed by atoms with Crippen LogP contribution in [0, 0.1) is 0 Å². The van der Waals surface area contributed by atoms with Crippen molar-refractivity contribution in [2.75, 3.05) is 7.11 Å². The predicted molar refractivity (Wildman–Crippen MR) is 57.1 cm³/mol. The van der Waals surface area contributed by atoms with Crippen LogP contribution in [-0.2, 0) is 0 Å². The van der Waals surface area contributed by atoms with Gasteiger partial charge in [-0.15, -0.1) is 0 Å². The minimum absolute atomic E-state index is 0.315. The van der Waals surface area contributed by atoms with Crippen molar-refractivity contribution in [1.82, 2.24) is 5.43 Å². The Kier molecular flexibility index (Phi) is 3.55. The molecule has 4 nitrogen and oxygen atoms in total. The summed E-state index contributed by atoms with van der Waals surface area (Å²) in [4.78, 5) is 0. The van der Waals surface area contributed by atoms with E-state index in [0.717, 1.165) is 11.3 Å². The van der Waals surface area contributed by atoms with Gasteiger partial charge >= 0.3 is 0 Å². The number of rotatable bonds is 4. The highest BCUT2D eigenvalue weighted by molar-refractivity contribution is 5.79. The highest BCUT2D eigenvalue weighted by Crippen LogP contribution is 2.09. The molecule has 1 aromatic carbocycles. The molecule has 0 amide bonds. The zero-order chi connectivity index (χ0) is 10.4. The van der Waals surface area contributed by atoms with Crippen LogP contribution in [0.4, 0.5) is 0 Å². The highest BCUT2D eigenvalue weighted by atomic mass is 16.5. The third-order valence-electron chi connectivity index (χ3n) is 1.54. The summed E-state index contributed by atoms with van der Waals surface area (Å²) in [6.07, 6.45) is 1.65. The normalized spacial score (nSPS) is 10.1. The molecule has 0 fully saturated rings. The topological polar surface area (TPSA) is 59.6 Å². The molecule has 0 unspecified atom stereocenters. The van der Waals surface area contributed by atoms with E-state index in [1.807, 2.05) is 24.3 Å². The van der Waals surface area contributed by atoms with Gasteiger partial charge in [-0.2, -0.15) is 5.10 Å². The van der Waals surface area contributed by atoms with Crippen molar-refractivity contribution >= 4 is 6.21 Å². The van der Waals surface area contributed by atoms with E-state index in [0.29, 0.717) is 5.82 Å². The van der Waals surface area contributed by atoms with Gasteiger partial charge in [0.1, 0.15) is 11.6 Å². The van der Waals surface area contributed by atoms with Gasteiger partial charge in [0.05, 0.1) is 13.3 Å². The maximum absolute atomic E-state index is 5.26. The Bertz CT molecular complexity index is 330. The van der Waals surface area contributed by atoms with Gasteiger partial charge in [-0.05, 0) is 29.8 Å². The quantitative estimate of drug-likeness (QED) is 0.552. The van der Waals surface area contributed by atoms with Gasteiger partial charge in [-0.1, -0.05) is 6.58 Å². The number of ether oxygens (including phenoxy) is 1. The van der Waals surface area contributed by atoms with Crippen molar-refractivity contribution in [3.05, 3.63) is 42.2 Å². The van der Waals surface area contributed by atoms with Gasteiger partial charge in [0, 0.05) is 0 Å². The van der Waals surface area contributed by atoms with Crippen LogP contribution in [0.3, 0.4) is 0 Å². The Hall–Kier alpha value is -1.97. The number of benzene rings is 1. The molecule has 1 rings (SSSR count). The van der Waals surface area contributed by atoms with E-state index in [-0.39, 0.29) is 0 Å². The standard InChI is InChI=1S/C10H13N3O/c1-8(11)13-12-7-9-3-5-10(14-2)6-4-9/h3-7,13H,1,11H2,2H3/b12-7+. The summed E-state index contributed by atoms with van der Waals surface area (Å²) in [5, 5.41) is 3.86. The van der Waals surface area contributed by atoms with Crippen LogP contribution in [0.5, 0.6) is 5.75 Å². The van der Waals surface area contributed by atoms with Gasteiger partial charge in [-0.3, -0.25) is 5.43 Å². The molecule has 0 aliphatic carbocycles. The molecule has 4 heteroatoms. The van der Waals surface area contributed by atoms with Crippen LogP contribution in [-0.4, -0.2) is 13.3 Å². The third-order valence-corrected chi connectivity index (χ3v) is 1.54. The van der Waals surface area contributed by atoms with Crippen LogP contribution in [0.15, 0.2) is 41.8 Å². The zero-order valence-electron chi connectivity index (χ0n) is 8.03. The molecule has 0 aliphatic rings. The van der Waals surface area contributed by atoms with E-state index < -0.39 is 0 Å². The third kappa shape index (κ3) is 3.18. The Morgan fingerprint density at radius 3 is 2.64 bits per heavy atom. The molecule has 0 aliphatic heterocycles. The number of nitrogens with zero attached hydrogens (tertiary/aromatic N) is 1. The van der Waals surface area contributed by atoms with Gasteiger partial charge in [0.25, 0.3) is 0 Å². The average Bonchev–Trinajstić information content (AvgIpc) is 2.18. The fourth-order valence-corrected chi connectivity index (χ4v) is 0.880. The summed E-state index contributed by atoms with van der Waals surface area (Å²) in [6.45, 7) is 3.45. The van der Waals surface area contributed by atoms with Crippen molar-refractivity contribution in [3.8, 4) is 5.75 Å². The lowest BCUT2D eigenvalue weighted by Crippen LogP contribution is -2.12. The second-order valence-electron chi connectivity index (χ2n) is 2.67. The first-order valence-electron chi connectivity index (χ1n) is 4.10. The first-order chi connectivity index (χ1) is 6.72. The number of nitrogens with one attached hydrogen (secondary N) is 1. The Balaban J connectivity index is 2.59. The van der Waals surface area contributed by atoms with Crippen LogP contribution >= 0.6 is 0 Å². The number of methoxy groups -OCH3 is 1.